The highest BCUT2D eigenvalue weighted by atomic mass is 35.5. The van der Waals surface area contributed by atoms with Gasteiger partial charge in [-0.2, -0.15) is 0 Å². The molecule has 0 saturated heterocycles. The Balaban J connectivity index is 2.71. The Labute approximate surface area is 101 Å². The standard InChI is InChI=1S/C13H15ClN2/c1-8(2)16-13-10-5-4-6-15-12(10)9(3)7-11(13)14/h4-8,16H,1-3H3. The number of halogens is 1. The maximum absolute atomic E-state index is 6.26. The van der Waals surface area contributed by atoms with Crippen molar-refractivity contribution in [2.45, 2.75) is 26.8 Å². The van der Waals surface area contributed by atoms with Crippen molar-refractivity contribution >= 4 is 28.2 Å². The molecule has 0 aliphatic rings. The fourth-order valence-corrected chi connectivity index (χ4v) is 2.14. The molecule has 0 aliphatic carbocycles. The largest absolute Gasteiger partial charge is 0.381 e. The molecule has 84 valence electrons. The third-order valence-electron chi connectivity index (χ3n) is 2.47. The van der Waals surface area contributed by atoms with Gasteiger partial charge in [0.1, 0.15) is 0 Å². The van der Waals surface area contributed by atoms with Crippen LogP contribution in [-0.2, 0) is 0 Å². The lowest BCUT2D eigenvalue weighted by molar-refractivity contribution is 0.901. The smallest absolute Gasteiger partial charge is 0.0752 e. The van der Waals surface area contributed by atoms with Crippen LogP contribution < -0.4 is 5.32 Å². The van der Waals surface area contributed by atoms with Gasteiger partial charge in [-0.25, -0.2) is 0 Å². The summed E-state index contributed by atoms with van der Waals surface area (Å²) >= 11 is 6.26. The van der Waals surface area contributed by atoms with Gasteiger partial charge in [0, 0.05) is 17.6 Å². The first-order valence-electron chi connectivity index (χ1n) is 5.40. The average molecular weight is 235 g/mol. The van der Waals surface area contributed by atoms with Crippen LogP contribution in [0.25, 0.3) is 10.9 Å². The highest BCUT2D eigenvalue weighted by Gasteiger charge is 2.10. The third-order valence-corrected chi connectivity index (χ3v) is 2.76. The summed E-state index contributed by atoms with van der Waals surface area (Å²) in [6.07, 6.45) is 1.81. The van der Waals surface area contributed by atoms with Gasteiger partial charge in [0.05, 0.1) is 16.2 Å². The molecule has 0 bridgehead atoms. The number of anilines is 1. The fourth-order valence-electron chi connectivity index (χ4n) is 1.82. The first-order valence-corrected chi connectivity index (χ1v) is 5.77. The van der Waals surface area contributed by atoms with E-state index in [-0.39, 0.29) is 0 Å². The van der Waals surface area contributed by atoms with E-state index in [0.29, 0.717) is 6.04 Å². The van der Waals surface area contributed by atoms with Crippen molar-refractivity contribution in [1.29, 1.82) is 0 Å². The summed E-state index contributed by atoms with van der Waals surface area (Å²) in [6.45, 7) is 6.22. The van der Waals surface area contributed by atoms with Crippen molar-refractivity contribution in [3.63, 3.8) is 0 Å². The second-order valence-electron chi connectivity index (χ2n) is 4.25. The van der Waals surface area contributed by atoms with Crippen molar-refractivity contribution in [2.24, 2.45) is 0 Å². The van der Waals surface area contributed by atoms with E-state index in [0.717, 1.165) is 27.2 Å². The van der Waals surface area contributed by atoms with E-state index >= 15 is 0 Å². The van der Waals surface area contributed by atoms with E-state index in [9.17, 15) is 0 Å². The van der Waals surface area contributed by atoms with Crippen molar-refractivity contribution in [2.75, 3.05) is 5.32 Å². The summed E-state index contributed by atoms with van der Waals surface area (Å²) in [4.78, 5) is 4.39. The molecule has 0 radical (unpaired) electrons. The number of aromatic nitrogens is 1. The zero-order valence-electron chi connectivity index (χ0n) is 9.71. The summed E-state index contributed by atoms with van der Waals surface area (Å²) < 4.78 is 0. The van der Waals surface area contributed by atoms with E-state index in [1.54, 1.807) is 0 Å². The maximum Gasteiger partial charge on any atom is 0.0752 e. The van der Waals surface area contributed by atoms with Crippen LogP contribution in [-0.4, -0.2) is 11.0 Å². The monoisotopic (exact) mass is 234 g/mol. The molecule has 0 unspecified atom stereocenters. The fraction of sp³-hybridized carbons (Fsp3) is 0.308. The Bertz CT molecular complexity index is 521. The van der Waals surface area contributed by atoms with Gasteiger partial charge in [-0.15, -0.1) is 0 Å². The quantitative estimate of drug-likeness (QED) is 0.849. The molecule has 2 rings (SSSR count). The topological polar surface area (TPSA) is 24.9 Å². The Morgan fingerprint density at radius 2 is 2.12 bits per heavy atom. The molecule has 0 amide bonds. The Hall–Kier alpha value is -1.28. The van der Waals surface area contributed by atoms with Crippen LogP contribution in [0, 0.1) is 6.92 Å². The molecule has 1 heterocycles. The number of benzene rings is 1. The molecule has 1 aromatic heterocycles. The number of nitrogens with zero attached hydrogens (tertiary/aromatic N) is 1. The van der Waals surface area contributed by atoms with Gasteiger partial charge >= 0.3 is 0 Å². The number of hydrogen-bond donors (Lipinski definition) is 1. The average Bonchev–Trinajstić information content (AvgIpc) is 2.24. The van der Waals surface area contributed by atoms with E-state index in [4.69, 9.17) is 11.6 Å². The van der Waals surface area contributed by atoms with Crippen molar-refractivity contribution in [3.8, 4) is 0 Å². The molecule has 3 heteroatoms. The van der Waals surface area contributed by atoms with Gasteiger partial charge in [-0.1, -0.05) is 11.6 Å². The van der Waals surface area contributed by atoms with Crippen LogP contribution in [0.2, 0.25) is 5.02 Å². The number of hydrogen-bond acceptors (Lipinski definition) is 2. The first-order chi connectivity index (χ1) is 7.59. The lowest BCUT2D eigenvalue weighted by Crippen LogP contribution is -2.10. The molecule has 2 aromatic rings. The van der Waals surface area contributed by atoms with Crippen LogP contribution in [0.1, 0.15) is 19.4 Å². The molecule has 0 saturated carbocycles. The summed E-state index contributed by atoms with van der Waals surface area (Å²) in [5.74, 6) is 0. The minimum Gasteiger partial charge on any atom is -0.381 e. The summed E-state index contributed by atoms with van der Waals surface area (Å²) in [5, 5.41) is 5.21. The second kappa shape index (κ2) is 4.30. The van der Waals surface area contributed by atoms with Crippen LogP contribution in [0.5, 0.6) is 0 Å². The molecular formula is C13H15ClN2. The molecule has 0 fully saturated rings. The predicted molar refractivity (Wildman–Crippen MR) is 70.2 cm³/mol. The van der Waals surface area contributed by atoms with Crippen molar-refractivity contribution in [1.82, 2.24) is 4.98 Å². The summed E-state index contributed by atoms with van der Waals surface area (Å²) in [5.41, 5.74) is 3.09. The van der Waals surface area contributed by atoms with Crippen LogP contribution in [0.4, 0.5) is 5.69 Å². The van der Waals surface area contributed by atoms with Crippen molar-refractivity contribution < 1.29 is 0 Å². The number of fused-ring (bicyclic) bond motifs is 1. The summed E-state index contributed by atoms with van der Waals surface area (Å²) in [6, 6.07) is 6.29. The van der Waals surface area contributed by atoms with E-state index in [1.807, 2.05) is 31.3 Å². The van der Waals surface area contributed by atoms with Crippen LogP contribution in [0.15, 0.2) is 24.4 Å². The number of nitrogens with one attached hydrogen (secondary N) is 1. The number of aryl methyl sites for hydroxylation is 1. The Morgan fingerprint density at radius 1 is 1.38 bits per heavy atom. The Kier molecular flexibility index (Phi) is 3.01. The minimum atomic E-state index is 0.351. The van der Waals surface area contributed by atoms with E-state index in [1.165, 1.54) is 0 Å². The van der Waals surface area contributed by atoms with Gasteiger partial charge in [0.25, 0.3) is 0 Å². The lowest BCUT2D eigenvalue weighted by atomic mass is 10.1. The SMILES string of the molecule is Cc1cc(Cl)c(NC(C)C)c2cccnc12. The molecule has 0 aliphatic heterocycles. The number of rotatable bonds is 2. The van der Waals surface area contributed by atoms with E-state index in [2.05, 4.69) is 24.1 Å². The van der Waals surface area contributed by atoms with E-state index < -0.39 is 0 Å². The van der Waals surface area contributed by atoms with Gasteiger partial charge in [0.15, 0.2) is 0 Å². The molecule has 1 N–H and O–H groups in total. The van der Waals surface area contributed by atoms with Gasteiger partial charge in [0.2, 0.25) is 0 Å². The zero-order chi connectivity index (χ0) is 11.7. The third kappa shape index (κ3) is 1.98. The zero-order valence-corrected chi connectivity index (χ0v) is 10.5. The van der Waals surface area contributed by atoms with Crippen LogP contribution in [0.3, 0.4) is 0 Å². The molecule has 16 heavy (non-hydrogen) atoms. The molecule has 2 nitrogen and oxygen atoms in total. The summed E-state index contributed by atoms with van der Waals surface area (Å²) in [7, 11) is 0. The molecule has 0 atom stereocenters. The molecule has 0 spiro atoms. The molecular weight excluding hydrogens is 220 g/mol. The predicted octanol–water partition coefficient (Wildman–Crippen LogP) is 4.02. The van der Waals surface area contributed by atoms with Gasteiger partial charge < -0.3 is 5.32 Å². The van der Waals surface area contributed by atoms with Crippen molar-refractivity contribution in [3.05, 3.63) is 35.0 Å². The number of pyridine rings is 1. The molecule has 1 aromatic carbocycles. The highest BCUT2D eigenvalue weighted by Crippen LogP contribution is 2.32. The lowest BCUT2D eigenvalue weighted by Gasteiger charge is -2.15. The van der Waals surface area contributed by atoms with Gasteiger partial charge in [-0.3, -0.25) is 4.98 Å². The van der Waals surface area contributed by atoms with Gasteiger partial charge in [-0.05, 0) is 44.5 Å². The van der Waals surface area contributed by atoms with Crippen LogP contribution >= 0.6 is 11.6 Å². The normalized spacial score (nSPS) is 11.1. The highest BCUT2D eigenvalue weighted by molar-refractivity contribution is 6.35. The minimum absolute atomic E-state index is 0.351. The second-order valence-corrected chi connectivity index (χ2v) is 4.66. The Morgan fingerprint density at radius 3 is 2.81 bits per heavy atom. The maximum atomic E-state index is 6.26. The first kappa shape index (κ1) is 11.2.